The number of hydrogen-bond acceptors (Lipinski definition) is 4. The van der Waals surface area contributed by atoms with Gasteiger partial charge in [-0.3, -0.25) is 4.79 Å². The van der Waals surface area contributed by atoms with Crippen LogP contribution in [0.4, 0.5) is 11.5 Å². The normalized spacial score (nSPS) is 10.4. The summed E-state index contributed by atoms with van der Waals surface area (Å²) in [5.74, 6) is 1.27. The Balaban J connectivity index is 2.42. The average Bonchev–Trinajstić information content (AvgIpc) is 2.31. The number of carbonyl (C=O) groups excluding carboxylic acids is 1. The minimum Gasteiger partial charge on any atom is -0.370 e. The third-order valence-corrected chi connectivity index (χ3v) is 2.26. The van der Waals surface area contributed by atoms with E-state index in [1.807, 2.05) is 6.07 Å². The summed E-state index contributed by atoms with van der Waals surface area (Å²) in [5, 5.41) is 5.86. The average molecular weight is 236 g/mol. The van der Waals surface area contributed by atoms with Crippen molar-refractivity contribution in [1.82, 2.24) is 4.98 Å². The lowest BCUT2D eigenvalue weighted by atomic mass is 10.1. The van der Waals surface area contributed by atoms with Gasteiger partial charge in [-0.1, -0.05) is 13.8 Å². The van der Waals surface area contributed by atoms with Crippen LogP contribution in [0.3, 0.4) is 0 Å². The van der Waals surface area contributed by atoms with Crippen LogP contribution in [0.5, 0.6) is 0 Å². The van der Waals surface area contributed by atoms with Crippen LogP contribution in [0.25, 0.3) is 0 Å². The minimum absolute atomic E-state index is 0.0195. The standard InChI is InChI=1S/C12H20N4O/c1-9(2)5-6-14-11-4-3-10(8-15-11)16-12(17)7-13/h3-4,8-9H,5-7,13H2,1-2H3,(H,14,15)(H,16,17). The molecule has 0 aromatic carbocycles. The molecule has 1 rings (SSSR count). The molecule has 4 N–H and O–H groups in total. The molecule has 0 saturated carbocycles. The van der Waals surface area contributed by atoms with E-state index in [1.54, 1.807) is 12.3 Å². The predicted molar refractivity (Wildman–Crippen MR) is 69.9 cm³/mol. The molecule has 94 valence electrons. The summed E-state index contributed by atoms with van der Waals surface area (Å²) in [6, 6.07) is 3.64. The molecule has 0 spiro atoms. The Labute approximate surface area is 102 Å². The Kier molecular flexibility index (Phi) is 5.42. The van der Waals surface area contributed by atoms with Crippen molar-refractivity contribution in [2.45, 2.75) is 20.3 Å². The molecule has 5 heteroatoms. The monoisotopic (exact) mass is 236 g/mol. The number of aromatic nitrogens is 1. The first-order valence-electron chi connectivity index (χ1n) is 5.81. The van der Waals surface area contributed by atoms with Gasteiger partial charge in [0.1, 0.15) is 5.82 Å². The van der Waals surface area contributed by atoms with Gasteiger partial charge in [-0.25, -0.2) is 4.98 Å². The Bertz CT molecular complexity index is 348. The molecular formula is C12H20N4O. The molecule has 1 aromatic heterocycles. The molecule has 0 fully saturated rings. The highest BCUT2D eigenvalue weighted by atomic mass is 16.1. The van der Waals surface area contributed by atoms with Crippen molar-refractivity contribution in [2.24, 2.45) is 11.7 Å². The molecule has 1 heterocycles. The van der Waals surface area contributed by atoms with Gasteiger partial charge >= 0.3 is 0 Å². The Morgan fingerprint density at radius 2 is 2.24 bits per heavy atom. The Morgan fingerprint density at radius 1 is 1.47 bits per heavy atom. The lowest BCUT2D eigenvalue weighted by Gasteiger charge is -2.08. The van der Waals surface area contributed by atoms with Gasteiger partial charge in [0.05, 0.1) is 18.4 Å². The number of nitrogens with one attached hydrogen (secondary N) is 2. The second kappa shape index (κ2) is 6.85. The number of nitrogens with two attached hydrogens (primary N) is 1. The number of pyridine rings is 1. The predicted octanol–water partition coefficient (Wildman–Crippen LogP) is 1.44. The second-order valence-corrected chi connectivity index (χ2v) is 4.29. The van der Waals surface area contributed by atoms with Crippen LogP contribution in [0, 0.1) is 5.92 Å². The van der Waals surface area contributed by atoms with Gasteiger partial charge in [-0.05, 0) is 24.5 Å². The van der Waals surface area contributed by atoms with E-state index in [0.717, 1.165) is 18.8 Å². The third kappa shape index (κ3) is 5.31. The maximum Gasteiger partial charge on any atom is 0.238 e. The molecule has 0 unspecified atom stereocenters. The van der Waals surface area contributed by atoms with Crippen LogP contribution in [-0.4, -0.2) is 24.0 Å². The number of carbonyl (C=O) groups is 1. The van der Waals surface area contributed by atoms with Gasteiger partial charge < -0.3 is 16.4 Å². The van der Waals surface area contributed by atoms with Gasteiger partial charge in [0.2, 0.25) is 5.91 Å². The zero-order valence-corrected chi connectivity index (χ0v) is 10.4. The van der Waals surface area contributed by atoms with Gasteiger partial charge in [0.15, 0.2) is 0 Å². The quantitative estimate of drug-likeness (QED) is 0.698. The topological polar surface area (TPSA) is 80.0 Å². The minimum atomic E-state index is -0.215. The number of amides is 1. The SMILES string of the molecule is CC(C)CCNc1ccc(NC(=O)CN)cn1. The highest BCUT2D eigenvalue weighted by molar-refractivity contribution is 5.91. The molecule has 0 saturated heterocycles. The number of hydrogen-bond donors (Lipinski definition) is 3. The van der Waals surface area contributed by atoms with E-state index in [2.05, 4.69) is 29.5 Å². The first-order valence-corrected chi connectivity index (χ1v) is 5.81. The summed E-state index contributed by atoms with van der Waals surface area (Å²) in [6.07, 6.45) is 2.72. The first-order chi connectivity index (χ1) is 8.11. The summed E-state index contributed by atoms with van der Waals surface area (Å²) in [6.45, 7) is 5.24. The van der Waals surface area contributed by atoms with Crippen molar-refractivity contribution >= 4 is 17.4 Å². The van der Waals surface area contributed by atoms with E-state index in [4.69, 9.17) is 5.73 Å². The molecule has 5 nitrogen and oxygen atoms in total. The van der Waals surface area contributed by atoms with Gasteiger partial charge in [0, 0.05) is 6.54 Å². The zero-order chi connectivity index (χ0) is 12.7. The van der Waals surface area contributed by atoms with Crippen molar-refractivity contribution in [3.63, 3.8) is 0 Å². The maximum atomic E-state index is 11.0. The molecular weight excluding hydrogens is 216 g/mol. The van der Waals surface area contributed by atoms with E-state index < -0.39 is 0 Å². The molecule has 0 bridgehead atoms. The summed E-state index contributed by atoms with van der Waals surface area (Å²) >= 11 is 0. The van der Waals surface area contributed by atoms with Crippen LogP contribution in [0.1, 0.15) is 20.3 Å². The summed E-state index contributed by atoms with van der Waals surface area (Å²) < 4.78 is 0. The van der Waals surface area contributed by atoms with E-state index in [9.17, 15) is 4.79 Å². The van der Waals surface area contributed by atoms with Crippen molar-refractivity contribution in [3.8, 4) is 0 Å². The zero-order valence-electron chi connectivity index (χ0n) is 10.4. The Hall–Kier alpha value is -1.62. The Morgan fingerprint density at radius 3 is 2.76 bits per heavy atom. The van der Waals surface area contributed by atoms with Crippen LogP contribution in [-0.2, 0) is 4.79 Å². The fourth-order valence-corrected chi connectivity index (χ4v) is 1.27. The van der Waals surface area contributed by atoms with Gasteiger partial charge in [-0.15, -0.1) is 0 Å². The summed E-state index contributed by atoms with van der Waals surface area (Å²) in [4.78, 5) is 15.2. The van der Waals surface area contributed by atoms with Crippen molar-refractivity contribution in [2.75, 3.05) is 23.7 Å². The van der Waals surface area contributed by atoms with Crippen LogP contribution < -0.4 is 16.4 Å². The van der Waals surface area contributed by atoms with Crippen LogP contribution in [0.2, 0.25) is 0 Å². The first kappa shape index (κ1) is 13.4. The van der Waals surface area contributed by atoms with Crippen LogP contribution in [0.15, 0.2) is 18.3 Å². The number of rotatable bonds is 6. The van der Waals surface area contributed by atoms with Gasteiger partial charge in [-0.2, -0.15) is 0 Å². The molecule has 1 amide bonds. The van der Waals surface area contributed by atoms with Crippen LogP contribution >= 0.6 is 0 Å². The molecule has 0 aliphatic rings. The molecule has 0 aliphatic carbocycles. The second-order valence-electron chi connectivity index (χ2n) is 4.29. The van der Waals surface area contributed by atoms with Crippen molar-refractivity contribution in [3.05, 3.63) is 18.3 Å². The highest BCUT2D eigenvalue weighted by Gasteiger charge is 2.00. The van der Waals surface area contributed by atoms with Crippen molar-refractivity contribution < 1.29 is 4.79 Å². The van der Waals surface area contributed by atoms with E-state index in [0.29, 0.717) is 11.6 Å². The molecule has 1 aromatic rings. The fourth-order valence-electron chi connectivity index (χ4n) is 1.27. The van der Waals surface area contributed by atoms with Crippen molar-refractivity contribution in [1.29, 1.82) is 0 Å². The van der Waals surface area contributed by atoms with E-state index in [-0.39, 0.29) is 12.5 Å². The van der Waals surface area contributed by atoms with E-state index >= 15 is 0 Å². The summed E-state index contributed by atoms with van der Waals surface area (Å²) in [5.41, 5.74) is 5.86. The lowest BCUT2D eigenvalue weighted by molar-refractivity contribution is -0.114. The van der Waals surface area contributed by atoms with Gasteiger partial charge in [0.25, 0.3) is 0 Å². The molecule has 17 heavy (non-hydrogen) atoms. The summed E-state index contributed by atoms with van der Waals surface area (Å²) in [7, 11) is 0. The molecule has 0 radical (unpaired) electrons. The molecule has 0 atom stereocenters. The fraction of sp³-hybridized carbons (Fsp3) is 0.500. The number of anilines is 2. The maximum absolute atomic E-state index is 11.0. The largest absolute Gasteiger partial charge is 0.370 e. The smallest absolute Gasteiger partial charge is 0.238 e. The third-order valence-electron chi connectivity index (χ3n) is 2.26. The lowest BCUT2D eigenvalue weighted by Crippen LogP contribution is -2.21. The molecule has 0 aliphatic heterocycles. The van der Waals surface area contributed by atoms with E-state index in [1.165, 1.54) is 0 Å². The number of nitrogens with zero attached hydrogens (tertiary/aromatic N) is 1. The highest BCUT2D eigenvalue weighted by Crippen LogP contribution is 2.10.